The fourth-order valence-corrected chi connectivity index (χ4v) is 2.03. The summed E-state index contributed by atoms with van der Waals surface area (Å²) in [6.45, 7) is 4.77. The molecule has 116 valence electrons. The maximum atomic E-state index is 5.37. The molecule has 0 fully saturated rings. The highest BCUT2D eigenvalue weighted by atomic mass is 16.5. The first kappa shape index (κ1) is 17.7. The number of benzene rings is 1. The highest BCUT2D eigenvalue weighted by molar-refractivity contribution is 5.36. The van der Waals surface area contributed by atoms with Crippen LogP contribution >= 0.6 is 0 Å². The minimum Gasteiger partial charge on any atom is -0.385 e. The monoisotopic (exact) mass is 290 g/mol. The van der Waals surface area contributed by atoms with Crippen LogP contribution in [-0.4, -0.2) is 52.0 Å². The molecule has 0 saturated carbocycles. The van der Waals surface area contributed by atoms with Gasteiger partial charge in [-0.25, -0.2) is 0 Å². The van der Waals surface area contributed by atoms with Gasteiger partial charge >= 0.3 is 0 Å². The Bertz CT molecular complexity index is 434. The fraction of sp³-hybridized carbons (Fsp3) is 0.529. The van der Waals surface area contributed by atoms with Crippen LogP contribution in [-0.2, 0) is 16.0 Å². The Labute approximate surface area is 128 Å². The molecule has 2 N–H and O–H groups in total. The maximum absolute atomic E-state index is 5.37. The van der Waals surface area contributed by atoms with E-state index in [2.05, 4.69) is 28.9 Å². The Morgan fingerprint density at radius 2 is 1.76 bits per heavy atom. The fourth-order valence-electron chi connectivity index (χ4n) is 2.03. The first-order valence-electron chi connectivity index (χ1n) is 7.28. The number of nitrogens with zero attached hydrogens (tertiary/aromatic N) is 1. The molecule has 0 saturated heterocycles. The Morgan fingerprint density at radius 3 is 2.38 bits per heavy atom. The van der Waals surface area contributed by atoms with Crippen molar-refractivity contribution in [3.8, 4) is 11.8 Å². The van der Waals surface area contributed by atoms with Gasteiger partial charge in [0.1, 0.15) is 0 Å². The molecule has 0 aliphatic rings. The maximum Gasteiger partial charge on any atom is 0.0589 e. The van der Waals surface area contributed by atoms with E-state index in [1.54, 1.807) is 14.2 Å². The van der Waals surface area contributed by atoms with Crippen molar-refractivity contribution >= 4 is 0 Å². The minimum absolute atomic E-state index is 0.395. The van der Waals surface area contributed by atoms with Crippen molar-refractivity contribution in [3.05, 3.63) is 35.4 Å². The molecule has 0 aliphatic heterocycles. The van der Waals surface area contributed by atoms with E-state index in [9.17, 15) is 0 Å². The zero-order valence-electron chi connectivity index (χ0n) is 13.1. The third-order valence-corrected chi connectivity index (χ3v) is 3.13. The molecular formula is C17H26N2O2. The summed E-state index contributed by atoms with van der Waals surface area (Å²) in [6, 6.07) is 8.33. The van der Waals surface area contributed by atoms with Crippen LogP contribution < -0.4 is 5.73 Å². The van der Waals surface area contributed by atoms with Crippen molar-refractivity contribution in [1.29, 1.82) is 0 Å². The molecule has 0 bridgehead atoms. The van der Waals surface area contributed by atoms with Gasteiger partial charge in [-0.1, -0.05) is 24.0 Å². The number of ether oxygens (including phenoxy) is 2. The molecule has 0 aromatic heterocycles. The van der Waals surface area contributed by atoms with Crippen LogP contribution in [0.3, 0.4) is 0 Å². The number of hydrogen-bond acceptors (Lipinski definition) is 4. The quantitative estimate of drug-likeness (QED) is 0.553. The van der Waals surface area contributed by atoms with Crippen LogP contribution in [0.1, 0.15) is 17.5 Å². The molecule has 0 radical (unpaired) electrons. The molecule has 0 aliphatic carbocycles. The van der Waals surface area contributed by atoms with Gasteiger partial charge in [0.05, 0.1) is 13.2 Å². The summed E-state index contributed by atoms with van der Waals surface area (Å²) in [5, 5.41) is 0. The normalized spacial score (nSPS) is 10.5. The van der Waals surface area contributed by atoms with Crippen LogP contribution in [0.5, 0.6) is 0 Å². The lowest BCUT2D eigenvalue weighted by Crippen LogP contribution is -2.28. The molecule has 0 spiro atoms. The van der Waals surface area contributed by atoms with E-state index in [0.29, 0.717) is 6.54 Å². The second-order valence-electron chi connectivity index (χ2n) is 4.82. The van der Waals surface area contributed by atoms with E-state index >= 15 is 0 Å². The standard InChI is InChI=1S/C17H26N2O2/c1-20-13-4-11-19(12-14-21-2)15-17-8-6-16(7-9-17)5-3-10-18/h6-9H,4,10-15,18H2,1-2H3. The average molecular weight is 290 g/mol. The molecule has 1 aromatic carbocycles. The molecule has 0 amide bonds. The third kappa shape index (κ3) is 7.84. The topological polar surface area (TPSA) is 47.7 Å². The number of methoxy groups -OCH3 is 2. The van der Waals surface area contributed by atoms with Crippen LogP contribution in [0.15, 0.2) is 24.3 Å². The van der Waals surface area contributed by atoms with Gasteiger partial charge in [-0.2, -0.15) is 0 Å². The lowest BCUT2D eigenvalue weighted by atomic mass is 10.1. The smallest absolute Gasteiger partial charge is 0.0589 e. The summed E-state index contributed by atoms with van der Waals surface area (Å²) in [5.74, 6) is 5.90. The summed E-state index contributed by atoms with van der Waals surface area (Å²) < 4.78 is 10.3. The molecule has 1 aromatic rings. The lowest BCUT2D eigenvalue weighted by Gasteiger charge is -2.22. The van der Waals surface area contributed by atoms with Crippen molar-refractivity contribution < 1.29 is 9.47 Å². The average Bonchev–Trinajstić information content (AvgIpc) is 2.52. The summed E-state index contributed by atoms with van der Waals surface area (Å²) >= 11 is 0. The molecule has 4 nitrogen and oxygen atoms in total. The van der Waals surface area contributed by atoms with Crippen molar-refractivity contribution in [2.24, 2.45) is 5.73 Å². The van der Waals surface area contributed by atoms with Gasteiger partial charge in [0.25, 0.3) is 0 Å². The van der Waals surface area contributed by atoms with Crippen molar-refractivity contribution in [1.82, 2.24) is 4.90 Å². The van der Waals surface area contributed by atoms with E-state index < -0.39 is 0 Å². The Hall–Kier alpha value is -1.38. The van der Waals surface area contributed by atoms with Crippen molar-refractivity contribution in [3.63, 3.8) is 0 Å². The summed E-state index contributed by atoms with van der Waals surface area (Å²) in [5.41, 5.74) is 7.66. The third-order valence-electron chi connectivity index (χ3n) is 3.13. The molecule has 0 heterocycles. The van der Waals surface area contributed by atoms with Crippen molar-refractivity contribution in [2.75, 3.05) is 47.1 Å². The van der Waals surface area contributed by atoms with Gasteiger partial charge in [0.2, 0.25) is 0 Å². The van der Waals surface area contributed by atoms with Gasteiger partial charge in [-0.05, 0) is 24.1 Å². The zero-order valence-corrected chi connectivity index (χ0v) is 13.1. The number of rotatable bonds is 9. The SMILES string of the molecule is COCCCN(CCOC)Cc1ccc(C#CCN)cc1. The second kappa shape index (κ2) is 11.3. The van der Waals surface area contributed by atoms with E-state index in [-0.39, 0.29) is 0 Å². The van der Waals surface area contributed by atoms with Gasteiger partial charge in [0.15, 0.2) is 0 Å². The van der Waals surface area contributed by atoms with Gasteiger partial charge < -0.3 is 15.2 Å². The first-order chi connectivity index (χ1) is 10.3. The Kier molecular flexibility index (Phi) is 9.51. The van der Waals surface area contributed by atoms with Crippen LogP contribution in [0, 0.1) is 11.8 Å². The largest absolute Gasteiger partial charge is 0.385 e. The second-order valence-corrected chi connectivity index (χ2v) is 4.82. The molecular weight excluding hydrogens is 264 g/mol. The van der Waals surface area contributed by atoms with E-state index in [1.807, 2.05) is 12.1 Å². The molecule has 21 heavy (non-hydrogen) atoms. The van der Waals surface area contributed by atoms with E-state index in [1.165, 1.54) is 5.56 Å². The number of nitrogens with two attached hydrogens (primary N) is 1. The number of hydrogen-bond donors (Lipinski definition) is 1. The highest BCUT2D eigenvalue weighted by Crippen LogP contribution is 2.07. The van der Waals surface area contributed by atoms with Crippen molar-refractivity contribution in [2.45, 2.75) is 13.0 Å². The van der Waals surface area contributed by atoms with Crippen LogP contribution in [0.2, 0.25) is 0 Å². The summed E-state index contributed by atoms with van der Waals surface area (Å²) in [6.07, 6.45) is 1.03. The molecule has 0 atom stereocenters. The predicted octanol–water partition coefficient (Wildman–Crippen LogP) is 1.48. The molecule has 4 heteroatoms. The predicted molar refractivity (Wildman–Crippen MR) is 86.0 cm³/mol. The lowest BCUT2D eigenvalue weighted by molar-refractivity contribution is 0.129. The van der Waals surface area contributed by atoms with Gasteiger partial charge in [-0.15, -0.1) is 0 Å². The Balaban J connectivity index is 2.55. The van der Waals surface area contributed by atoms with E-state index in [4.69, 9.17) is 15.2 Å². The van der Waals surface area contributed by atoms with Gasteiger partial charge in [0, 0.05) is 46.0 Å². The molecule has 0 unspecified atom stereocenters. The molecule has 1 rings (SSSR count). The van der Waals surface area contributed by atoms with E-state index in [0.717, 1.165) is 44.8 Å². The van der Waals surface area contributed by atoms with Crippen LogP contribution in [0.4, 0.5) is 0 Å². The Morgan fingerprint density at radius 1 is 1.05 bits per heavy atom. The van der Waals surface area contributed by atoms with Crippen LogP contribution in [0.25, 0.3) is 0 Å². The highest BCUT2D eigenvalue weighted by Gasteiger charge is 2.05. The minimum atomic E-state index is 0.395. The first-order valence-corrected chi connectivity index (χ1v) is 7.28. The zero-order chi connectivity index (χ0) is 15.3. The summed E-state index contributed by atoms with van der Waals surface area (Å²) in [7, 11) is 3.47. The summed E-state index contributed by atoms with van der Waals surface area (Å²) in [4.78, 5) is 2.38. The van der Waals surface area contributed by atoms with Gasteiger partial charge in [-0.3, -0.25) is 4.90 Å².